The molecule has 0 aliphatic heterocycles. The summed E-state index contributed by atoms with van der Waals surface area (Å²) in [7, 11) is 0. The van der Waals surface area contributed by atoms with Crippen molar-refractivity contribution < 1.29 is 0 Å². The van der Waals surface area contributed by atoms with Crippen LogP contribution in [0.25, 0.3) is 0 Å². The topological polar surface area (TPSA) is 0 Å². The lowest BCUT2D eigenvalue weighted by Gasteiger charge is -2.42. The number of unbranched alkanes of at least 4 members (excludes halogenated alkanes) is 1. The highest BCUT2D eigenvalue weighted by Gasteiger charge is 2.35. The summed E-state index contributed by atoms with van der Waals surface area (Å²) in [4.78, 5) is 0. The molecule has 0 aliphatic rings. The summed E-state index contributed by atoms with van der Waals surface area (Å²) in [6.07, 6.45) is 9.63. The fraction of sp³-hybridized carbons (Fsp3) is 1.00. The third kappa shape index (κ3) is 7.61. The molecule has 0 aromatic carbocycles. The van der Waals surface area contributed by atoms with E-state index in [0.29, 0.717) is 0 Å². The van der Waals surface area contributed by atoms with Crippen molar-refractivity contribution in [2.45, 2.75) is 107 Å². The van der Waals surface area contributed by atoms with Crippen LogP contribution in [0.15, 0.2) is 0 Å². The molecule has 23 heavy (non-hydrogen) atoms. The van der Waals surface area contributed by atoms with Gasteiger partial charge in [-0.2, -0.15) is 0 Å². The van der Waals surface area contributed by atoms with Gasteiger partial charge in [0, 0.05) is 0 Å². The molecule has 0 radical (unpaired) electrons. The second kappa shape index (κ2) is 12.4. The van der Waals surface area contributed by atoms with Crippen LogP contribution in [0.5, 0.6) is 0 Å². The maximum absolute atomic E-state index is 2.59. The van der Waals surface area contributed by atoms with Gasteiger partial charge < -0.3 is 0 Å². The van der Waals surface area contributed by atoms with E-state index >= 15 is 0 Å². The molecule has 140 valence electrons. The van der Waals surface area contributed by atoms with Crippen LogP contribution in [0.1, 0.15) is 107 Å². The molecule has 0 amide bonds. The molecule has 0 aromatic heterocycles. The molecule has 0 N–H and O–H groups in total. The molecule has 0 fully saturated rings. The lowest BCUT2D eigenvalue weighted by molar-refractivity contribution is 0.0657. The van der Waals surface area contributed by atoms with Gasteiger partial charge in [-0.3, -0.25) is 0 Å². The summed E-state index contributed by atoms with van der Waals surface area (Å²) < 4.78 is 0. The largest absolute Gasteiger partial charge is 0.0654 e. The van der Waals surface area contributed by atoms with Crippen LogP contribution in [-0.4, -0.2) is 0 Å². The predicted octanol–water partition coefficient (Wildman–Crippen LogP) is 8.21. The van der Waals surface area contributed by atoms with Crippen molar-refractivity contribution in [3.8, 4) is 0 Å². The van der Waals surface area contributed by atoms with Gasteiger partial charge in [0.15, 0.2) is 0 Å². The zero-order valence-corrected chi connectivity index (χ0v) is 18.0. The predicted molar refractivity (Wildman–Crippen MR) is 108 cm³/mol. The Labute approximate surface area is 149 Å². The van der Waals surface area contributed by atoms with Gasteiger partial charge in [-0.1, -0.05) is 101 Å². The van der Waals surface area contributed by atoms with E-state index in [4.69, 9.17) is 0 Å². The van der Waals surface area contributed by atoms with Gasteiger partial charge >= 0.3 is 0 Å². The number of hydrogen-bond donors (Lipinski definition) is 0. The Kier molecular flexibility index (Phi) is 12.4. The molecule has 0 heterocycles. The van der Waals surface area contributed by atoms with Crippen molar-refractivity contribution in [1.82, 2.24) is 0 Å². The minimum absolute atomic E-state index is 0.821. The molecule has 0 aromatic rings. The fourth-order valence-electron chi connectivity index (χ4n) is 5.19. The molecule has 6 atom stereocenters. The van der Waals surface area contributed by atoms with Gasteiger partial charge in [0.1, 0.15) is 0 Å². The average molecular weight is 325 g/mol. The Morgan fingerprint density at radius 3 is 1.52 bits per heavy atom. The van der Waals surface area contributed by atoms with Crippen molar-refractivity contribution in [2.24, 2.45) is 41.4 Å². The molecule has 0 saturated carbocycles. The van der Waals surface area contributed by atoms with Gasteiger partial charge in [0.25, 0.3) is 0 Å². The standard InChI is InChI=1S/C23H48/c1-10-13-16-22(17(4)5)21(9)23(19(7)15-12-3)20(8)18(6)14-11-2/h17-23H,10-16H2,1-9H3. The highest BCUT2D eigenvalue weighted by Crippen LogP contribution is 2.43. The third-order valence-electron chi connectivity index (χ3n) is 6.68. The smallest absolute Gasteiger partial charge is 0.0332 e. The van der Waals surface area contributed by atoms with E-state index in [1.165, 1.54) is 44.9 Å². The summed E-state index contributed by atoms with van der Waals surface area (Å²) in [5.41, 5.74) is 0. The fourth-order valence-corrected chi connectivity index (χ4v) is 5.19. The lowest BCUT2D eigenvalue weighted by Crippen LogP contribution is -2.35. The van der Waals surface area contributed by atoms with Crippen LogP contribution in [-0.2, 0) is 0 Å². The minimum Gasteiger partial charge on any atom is -0.0654 e. The molecule has 0 aliphatic carbocycles. The van der Waals surface area contributed by atoms with E-state index in [0.717, 1.165) is 41.4 Å². The molecule has 0 heteroatoms. The van der Waals surface area contributed by atoms with E-state index < -0.39 is 0 Å². The summed E-state index contributed by atoms with van der Waals surface area (Å²) in [5.74, 6) is 6.06. The van der Waals surface area contributed by atoms with Gasteiger partial charge in [-0.05, 0) is 47.8 Å². The van der Waals surface area contributed by atoms with Gasteiger partial charge in [-0.15, -0.1) is 0 Å². The van der Waals surface area contributed by atoms with E-state index in [1.54, 1.807) is 0 Å². The maximum Gasteiger partial charge on any atom is -0.0332 e. The zero-order chi connectivity index (χ0) is 18.0. The van der Waals surface area contributed by atoms with E-state index in [1.807, 2.05) is 0 Å². The first-order valence-electron chi connectivity index (χ1n) is 10.8. The minimum atomic E-state index is 0.821. The quantitative estimate of drug-likeness (QED) is 0.320. The van der Waals surface area contributed by atoms with Crippen LogP contribution in [0.2, 0.25) is 0 Å². The summed E-state index contributed by atoms with van der Waals surface area (Å²) in [5, 5.41) is 0. The number of hydrogen-bond acceptors (Lipinski definition) is 0. The molecule has 0 rings (SSSR count). The first kappa shape index (κ1) is 23.0. The molecule has 6 unspecified atom stereocenters. The molecule has 0 saturated heterocycles. The van der Waals surface area contributed by atoms with Crippen molar-refractivity contribution in [2.75, 3.05) is 0 Å². The van der Waals surface area contributed by atoms with Crippen LogP contribution in [0, 0.1) is 41.4 Å². The van der Waals surface area contributed by atoms with Crippen molar-refractivity contribution in [3.05, 3.63) is 0 Å². The monoisotopic (exact) mass is 324 g/mol. The lowest BCUT2D eigenvalue weighted by atomic mass is 9.63. The maximum atomic E-state index is 2.59. The Balaban J connectivity index is 5.28. The molecule has 0 spiro atoms. The van der Waals surface area contributed by atoms with Crippen LogP contribution in [0.4, 0.5) is 0 Å². The molecule has 0 nitrogen and oxygen atoms in total. The van der Waals surface area contributed by atoms with E-state index in [2.05, 4.69) is 62.3 Å². The van der Waals surface area contributed by atoms with Gasteiger partial charge in [0.05, 0.1) is 0 Å². The Morgan fingerprint density at radius 2 is 1.09 bits per heavy atom. The summed E-state index contributed by atoms with van der Waals surface area (Å²) in [6.45, 7) is 22.1. The third-order valence-corrected chi connectivity index (χ3v) is 6.68. The molecule has 0 bridgehead atoms. The second-order valence-corrected chi connectivity index (χ2v) is 8.88. The van der Waals surface area contributed by atoms with E-state index in [-0.39, 0.29) is 0 Å². The summed E-state index contributed by atoms with van der Waals surface area (Å²) in [6, 6.07) is 0. The van der Waals surface area contributed by atoms with Crippen LogP contribution < -0.4 is 0 Å². The normalized spacial score (nSPS) is 20.1. The van der Waals surface area contributed by atoms with E-state index in [9.17, 15) is 0 Å². The van der Waals surface area contributed by atoms with Crippen molar-refractivity contribution in [3.63, 3.8) is 0 Å². The van der Waals surface area contributed by atoms with Crippen molar-refractivity contribution in [1.29, 1.82) is 0 Å². The highest BCUT2D eigenvalue weighted by atomic mass is 14.4. The zero-order valence-electron chi connectivity index (χ0n) is 18.0. The van der Waals surface area contributed by atoms with Crippen LogP contribution in [0.3, 0.4) is 0 Å². The van der Waals surface area contributed by atoms with Crippen molar-refractivity contribution >= 4 is 0 Å². The SMILES string of the molecule is CCCCC(C(C)C)C(C)C(C(C)CCC)C(C)C(C)CCC. The summed E-state index contributed by atoms with van der Waals surface area (Å²) >= 11 is 0. The van der Waals surface area contributed by atoms with Gasteiger partial charge in [-0.25, -0.2) is 0 Å². The highest BCUT2D eigenvalue weighted by molar-refractivity contribution is 4.84. The average Bonchev–Trinajstić information content (AvgIpc) is 2.47. The van der Waals surface area contributed by atoms with Gasteiger partial charge in [0.2, 0.25) is 0 Å². The Hall–Kier alpha value is 0. The molecular formula is C23H48. The Morgan fingerprint density at radius 1 is 0.565 bits per heavy atom. The number of rotatable bonds is 13. The first-order valence-corrected chi connectivity index (χ1v) is 10.8. The Bertz CT molecular complexity index is 267. The molecular weight excluding hydrogens is 276 g/mol. The first-order chi connectivity index (χ1) is 10.8. The second-order valence-electron chi connectivity index (χ2n) is 8.88. The van der Waals surface area contributed by atoms with Crippen LogP contribution >= 0.6 is 0 Å².